The maximum atomic E-state index is 3.91. The predicted octanol–water partition coefficient (Wildman–Crippen LogP) is 3.65. The summed E-state index contributed by atoms with van der Waals surface area (Å²) < 4.78 is 0.976. The Balaban J connectivity index is 0.000000711. The van der Waals surface area contributed by atoms with Crippen LogP contribution in [-0.4, -0.2) is 10.2 Å². The second-order valence-corrected chi connectivity index (χ2v) is 4.43. The van der Waals surface area contributed by atoms with Crippen molar-refractivity contribution in [2.75, 3.05) is 0 Å². The van der Waals surface area contributed by atoms with E-state index in [4.69, 9.17) is 0 Å². The van der Waals surface area contributed by atoms with Gasteiger partial charge in [-0.2, -0.15) is 11.8 Å². The second kappa shape index (κ2) is 10.0. The summed E-state index contributed by atoms with van der Waals surface area (Å²) in [7, 11) is 0. The van der Waals surface area contributed by atoms with Crippen LogP contribution >= 0.6 is 23.1 Å². The fourth-order valence-corrected chi connectivity index (χ4v) is 2.27. The molecule has 0 atom stereocenters. The molecule has 2 rings (SSSR count). The van der Waals surface area contributed by atoms with Crippen LogP contribution in [0.15, 0.2) is 34.7 Å². The van der Waals surface area contributed by atoms with Gasteiger partial charge in [0.15, 0.2) is 0 Å². The number of benzene rings is 1. The summed E-state index contributed by atoms with van der Waals surface area (Å²) >= 11 is 3.15. The van der Waals surface area contributed by atoms with E-state index in [1.165, 1.54) is 16.9 Å². The molecule has 1 heterocycles. The molecule has 0 N–H and O–H groups in total. The fraction of sp³-hybridized carbons (Fsp3) is 0.273. The molecular weight excluding hydrogens is 408 g/mol. The SMILES string of the molecule is CC.[W].[c-]1nnc(SCc2ccccc2)s1. The second-order valence-electron chi connectivity index (χ2n) is 2.43. The molecule has 0 aliphatic carbocycles. The molecule has 16 heavy (non-hydrogen) atoms. The van der Waals surface area contributed by atoms with Crippen molar-refractivity contribution in [1.29, 1.82) is 0 Å². The number of hydrogen-bond acceptors (Lipinski definition) is 4. The largest absolute Gasteiger partial charge is 0.305 e. The molecular formula is C11H13N2S2W-. The summed E-state index contributed by atoms with van der Waals surface area (Å²) in [4.78, 5) is 0. The van der Waals surface area contributed by atoms with Gasteiger partial charge in [0.05, 0.1) is 0 Å². The van der Waals surface area contributed by atoms with E-state index in [2.05, 4.69) is 27.8 Å². The molecule has 0 saturated carbocycles. The first-order valence-corrected chi connectivity index (χ1v) is 6.61. The molecule has 86 valence electrons. The molecule has 0 aliphatic heterocycles. The molecule has 5 heteroatoms. The van der Waals surface area contributed by atoms with Gasteiger partial charge in [0.2, 0.25) is 0 Å². The summed E-state index contributed by atoms with van der Waals surface area (Å²) in [6, 6.07) is 10.3. The molecule has 2 aromatic rings. The van der Waals surface area contributed by atoms with Gasteiger partial charge in [0, 0.05) is 31.2 Å². The van der Waals surface area contributed by atoms with E-state index in [-0.39, 0.29) is 21.1 Å². The van der Waals surface area contributed by atoms with E-state index in [0.29, 0.717) is 0 Å². The number of hydrogen-bond donors (Lipinski definition) is 0. The van der Waals surface area contributed by atoms with Gasteiger partial charge in [-0.25, -0.2) is 0 Å². The molecule has 0 saturated heterocycles. The van der Waals surface area contributed by atoms with Crippen LogP contribution in [0, 0.1) is 5.51 Å². The molecule has 0 spiro atoms. The Bertz CT molecular complexity index is 351. The van der Waals surface area contributed by atoms with E-state index in [0.717, 1.165) is 10.1 Å². The van der Waals surface area contributed by atoms with Crippen LogP contribution in [0.25, 0.3) is 0 Å². The fourth-order valence-electron chi connectivity index (χ4n) is 0.919. The number of rotatable bonds is 3. The van der Waals surface area contributed by atoms with Crippen LogP contribution in [0.4, 0.5) is 0 Å². The van der Waals surface area contributed by atoms with E-state index in [1.54, 1.807) is 11.8 Å². The normalized spacial score (nSPS) is 8.62. The van der Waals surface area contributed by atoms with Crippen LogP contribution in [0.3, 0.4) is 0 Å². The first-order valence-electron chi connectivity index (χ1n) is 4.81. The smallest absolute Gasteiger partial charge is 0.0188 e. The maximum Gasteiger partial charge on any atom is 0.0188 e. The molecule has 0 aliphatic rings. The minimum Gasteiger partial charge on any atom is -0.305 e. The van der Waals surface area contributed by atoms with Crippen molar-refractivity contribution in [2.24, 2.45) is 0 Å². The zero-order chi connectivity index (χ0) is 10.9. The summed E-state index contributed by atoms with van der Waals surface area (Å²) in [5.41, 5.74) is 4.03. The average Bonchev–Trinajstić information content (AvgIpc) is 2.83. The first kappa shape index (κ1) is 15.8. The molecule has 0 radical (unpaired) electrons. The van der Waals surface area contributed by atoms with Gasteiger partial charge in [-0.15, -0.1) is 0 Å². The number of aromatic nitrogens is 2. The Hall–Kier alpha value is -0.182. The maximum absolute atomic E-state index is 3.91. The first-order chi connectivity index (χ1) is 7.45. The van der Waals surface area contributed by atoms with Crippen molar-refractivity contribution < 1.29 is 21.1 Å². The van der Waals surface area contributed by atoms with E-state index in [9.17, 15) is 0 Å². The molecule has 1 aromatic carbocycles. The minimum absolute atomic E-state index is 0. The average molecular weight is 421 g/mol. The topological polar surface area (TPSA) is 25.8 Å². The predicted molar refractivity (Wildman–Crippen MR) is 66.1 cm³/mol. The van der Waals surface area contributed by atoms with Crippen LogP contribution in [0.1, 0.15) is 19.4 Å². The molecule has 0 amide bonds. The van der Waals surface area contributed by atoms with Crippen molar-refractivity contribution in [2.45, 2.75) is 23.9 Å². The third-order valence-corrected chi connectivity index (χ3v) is 3.35. The van der Waals surface area contributed by atoms with Crippen LogP contribution in [0.2, 0.25) is 0 Å². The Labute approximate surface area is 119 Å². The molecule has 0 bridgehead atoms. The molecule has 0 fully saturated rings. The standard InChI is InChI=1S/C9H7N2S2.C2H6.W/c1-2-4-8(5-3-1)6-12-9-11-10-7-13-9;1-2;/h1-5H,6H2;1-2H3;/q-1;;. The van der Waals surface area contributed by atoms with Gasteiger partial charge in [0.1, 0.15) is 0 Å². The Kier molecular flexibility index (Phi) is 9.89. The molecule has 1 aromatic heterocycles. The zero-order valence-corrected chi connectivity index (χ0v) is 13.8. The van der Waals surface area contributed by atoms with Crippen LogP contribution in [-0.2, 0) is 26.8 Å². The Morgan fingerprint density at radius 2 is 1.94 bits per heavy atom. The summed E-state index contributed by atoms with van der Waals surface area (Å²) in [5.74, 6) is 0.948. The summed E-state index contributed by atoms with van der Waals surface area (Å²) in [6.45, 7) is 4.00. The summed E-state index contributed by atoms with van der Waals surface area (Å²) in [6.07, 6.45) is 0. The quantitative estimate of drug-likeness (QED) is 0.559. The van der Waals surface area contributed by atoms with Crippen LogP contribution in [0.5, 0.6) is 0 Å². The number of thioether (sulfide) groups is 1. The Morgan fingerprint density at radius 1 is 1.25 bits per heavy atom. The van der Waals surface area contributed by atoms with Crippen LogP contribution < -0.4 is 0 Å². The monoisotopic (exact) mass is 421 g/mol. The van der Waals surface area contributed by atoms with Crippen molar-refractivity contribution in [1.82, 2.24) is 10.2 Å². The van der Waals surface area contributed by atoms with Crippen molar-refractivity contribution >= 4 is 23.1 Å². The van der Waals surface area contributed by atoms with Gasteiger partial charge < -0.3 is 11.3 Å². The van der Waals surface area contributed by atoms with Gasteiger partial charge >= 0.3 is 0 Å². The van der Waals surface area contributed by atoms with Gasteiger partial charge in [-0.1, -0.05) is 49.7 Å². The van der Waals surface area contributed by atoms with Gasteiger partial charge in [-0.3, -0.25) is 10.2 Å². The Morgan fingerprint density at radius 3 is 2.50 bits per heavy atom. The van der Waals surface area contributed by atoms with Crippen molar-refractivity contribution in [3.05, 3.63) is 41.4 Å². The third kappa shape index (κ3) is 5.78. The van der Waals surface area contributed by atoms with Gasteiger partial charge in [0.25, 0.3) is 0 Å². The summed E-state index contributed by atoms with van der Waals surface area (Å²) in [5, 5.41) is 7.56. The van der Waals surface area contributed by atoms with Crippen molar-refractivity contribution in [3.63, 3.8) is 0 Å². The molecule has 0 unspecified atom stereocenters. The third-order valence-electron chi connectivity index (χ3n) is 1.51. The van der Waals surface area contributed by atoms with E-state index in [1.807, 2.05) is 32.0 Å². The van der Waals surface area contributed by atoms with Gasteiger partial charge in [-0.05, 0) is 5.56 Å². The van der Waals surface area contributed by atoms with E-state index < -0.39 is 0 Å². The van der Waals surface area contributed by atoms with E-state index >= 15 is 0 Å². The zero-order valence-electron chi connectivity index (χ0n) is 9.21. The minimum atomic E-state index is 0. The van der Waals surface area contributed by atoms with Crippen molar-refractivity contribution in [3.8, 4) is 0 Å². The molecule has 2 nitrogen and oxygen atoms in total. The number of nitrogens with zero attached hydrogens (tertiary/aromatic N) is 2.